The predicted molar refractivity (Wildman–Crippen MR) is 67.7 cm³/mol. The lowest BCUT2D eigenvalue weighted by Gasteiger charge is -2.45. The molecule has 1 aliphatic carbocycles. The molecule has 1 spiro atoms. The molecule has 1 saturated heterocycles. The van der Waals surface area contributed by atoms with Gasteiger partial charge < -0.3 is 9.64 Å². The Morgan fingerprint density at radius 1 is 1.06 bits per heavy atom. The summed E-state index contributed by atoms with van der Waals surface area (Å²) < 4.78 is 5.75. The van der Waals surface area contributed by atoms with Gasteiger partial charge in [0.1, 0.15) is 0 Å². The molecule has 16 heavy (non-hydrogen) atoms. The Hall–Kier alpha value is -0.0800. The van der Waals surface area contributed by atoms with E-state index >= 15 is 0 Å². The van der Waals surface area contributed by atoms with Gasteiger partial charge in [0.05, 0.1) is 6.10 Å². The fourth-order valence-electron chi connectivity index (χ4n) is 3.45. The summed E-state index contributed by atoms with van der Waals surface area (Å²) in [5, 5.41) is 0. The standard InChI is InChI=1S/C14H27NO/c1-3-15-11-9-14(10-12-15)7-5-13(6-8-14)16-4-2/h13H,3-12H2,1-2H3. The minimum absolute atomic E-state index is 0.569. The number of rotatable bonds is 3. The molecule has 2 aliphatic rings. The Labute approximate surface area is 100 Å². The van der Waals surface area contributed by atoms with Gasteiger partial charge in [-0.25, -0.2) is 0 Å². The minimum atomic E-state index is 0.569. The van der Waals surface area contributed by atoms with Crippen LogP contribution in [-0.4, -0.2) is 37.2 Å². The van der Waals surface area contributed by atoms with Crippen molar-refractivity contribution in [3.8, 4) is 0 Å². The quantitative estimate of drug-likeness (QED) is 0.732. The van der Waals surface area contributed by atoms with Crippen LogP contribution in [0.15, 0.2) is 0 Å². The van der Waals surface area contributed by atoms with Crippen LogP contribution in [0.4, 0.5) is 0 Å². The van der Waals surface area contributed by atoms with Crippen molar-refractivity contribution in [1.82, 2.24) is 4.90 Å². The largest absolute Gasteiger partial charge is 0.379 e. The molecule has 2 rings (SSSR count). The van der Waals surface area contributed by atoms with Crippen molar-refractivity contribution in [3.63, 3.8) is 0 Å². The smallest absolute Gasteiger partial charge is 0.0575 e. The van der Waals surface area contributed by atoms with Crippen LogP contribution in [0.5, 0.6) is 0 Å². The second kappa shape index (κ2) is 5.50. The van der Waals surface area contributed by atoms with Crippen LogP contribution in [-0.2, 0) is 4.74 Å². The number of likely N-dealkylation sites (tertiary alicyclic amines) is 1. The van der Waals surface area contributed by atoms with Crippen molar-refractivity contribution >= 4 is 0 Å². The first-order chi connectivity index (χ1) is 7.78. The van der Waals surface area contributed by atoms with Crippen molar-refractivity contribution in [2.75, 3.05) is 26.2 Å². The summed E-state index contributed by atoms with van der Waals surface area (Å²) >= 11 is 0. The van der Waals surface area contributed by atoms with Gasteiger partial charge in [0.15, 0.2) is 0 Å². The highest BCUT2D eigenvalue weighted by Crippen LogP contribution is 2.45. The minimum Gasteiger partial charge on any atom is -0.379 e. The van der Waals surface area contributed by atoms with Gasteiger partial charge in [0, 0.05) is 6.61 Å². The highest BCUT2D eigenvalue weighted by Gasteiger charge is 2.37. The summed E-state index contributed by atoms with van der Waals surface area (Å²) in [6, 6.07) is 0. The third-order valence-corrected chi connectivity index (χ3v) is 4.76. The first-order valence-corrected chi connectivity index (χ1v) is 7.12. The zero-order chi connectivity index (χ0) is 11.4. The van der Waals surface area contributed by atoms with E-state index in [2.05, 4.69) is 18.7 Å². The summed E-state index contributed by atoms with van der Waals surface area (Å²) in [5.74, 6) is 0. The highest BCUT2D eigenvalue weighted by molar-refractivity contribution is 4.90. The van der Waals surface area contributed by atoms with Crippen molar-refractivity contribution in [2.45, 2.75) is 58.5 Å². The molecule has 0 bridgehead atoms. The normalized spacial score (nSPS) is 27.4. The Morgan fingerprint density at radius 3 is 2.19 bits per heavy atom. The topological polar surface area (TPSA) is 12.5 Å². The molecule has 0 unspecified atom stereocenters. The molecule has 0 aromatic heterocycles. The van der Waals surface area contributed by atoms with Crippen LogP contribution in [0.3, 0.4) is 0 Å². The van der Waals surface area contributed by atoms with Crippen LogP contribution < -0.4 is 0 Å². The van der Waals surface area contributed by atoms with Crippen molar-refractivity contribution in [1.29, 1.82) is 0 Å². The fourth-order valence-corrected chi connectivity index (χ4v) is 3.45. The lowest BCUT2D eigenvalue weighted by Crippen LogP contribution is -2.42. The van der Waals surface area contributed by atoms with Crippen molar-refractivity contribution in [3.05, 3.63) is 0 Å². The molecule has 2 nitrogen and oxygen atoms in total. The van der Waals surface area contributed by atoms with Crippen LogP contribution in [0.2, 0.25) is 0 Å². The van der Waals surface area contributed by atoms with E-state index in [1.807, 2.05) is 0 Å². The van der Waals surface area contributed by atoms with Gasteiger partial charge in [-0.15, -0.1) is 0 Å². The number of piperidine rings is 1. The maximum absolute atomic E-state index is 5.75. The van der Waals surface area contributed by atoms with E-state index in [0.29, 0.717) is 11.5 Å². The number of nitrogens with zero attached hydrogens (tertiary/aromatic N) is 1. The summed E-state index contributed by atoms with van der Waals surface area (Å²) in [4.78, 5) is 2.60. The molecule has 1 heterocycles. The molecule has 0 aromatic carbocycles. The maximum Gasteiger partial charge on any atom is 0.0575 e. The molecule has 0 N–H and O–H groups in total. The molecular weight excluding hydrogens is 198 g/mol. The summed E-state index contributed by atoms with van der Waals surface area (Å²) in [6.07, 6.45) is 8.86. The van der Waals surface area contributed by atoms with E-state index in [4.69, 9.17) is 4.74 Å². The molecule has 1 aliphatic heterocycles. The van der Waals surface area contributed by atoms with E-state index in [-0.39, 0.29) is 0 Å². The molecule has 0 aromatic rings. The Morgan fingerprint density at radius 2 is 1.69 bits per heavy atom. The molecule has 1 saturated carbocycles. The first-order valence-electron chi connectivity index (χ1n) is 7.12. The van der Waals surface area contributed by atoms with Crippen LogP contribution in [0.1, 0.15) is 52.4 Å². The first kappa shape index (κ1) is 12.4. The van der Waals surface area contributed by atoms with Gasteiger partial charge in [0.25, 0.3) is 0 Å². The average molecular weight is 225 g/mol. The van der Waals surface area contributed by atoms with Crippen molar-refractivity contribution < 1.29 is 4.74 Å². The summed E-state index contributed by atoms with van der Waals surface area (Å²) in [5.41, 5.74) is 0.694. The highest BCUT2D eigenvalue weighted by atomic mass is 16.5. The third-order valence-electron chi connectivity index (χ3n) is 4.76. The molecule has 2 fully saturated rings. The monoisotopic (exact) mass is 225 g/mol. The van der Waals surface area contributed by atoms with Gasteiger partial charge in [0.2, 0.25) is 0 Å². The molecule has 0 amide bonds. The molecule has 0 atom stereocenters. The number of hydrogen-bond donors (Lipinski definition) is 0. The van der Waals surface area contributed by atoms with E-state index in [1.54, 1.807) is 0 Å². The lowest BCUT2D eigenvalue weighted by molar-refractivity contribution is -0.0185. The maximum atomic E-state index is 5.75. The van der Waals surface area contributed by atoms with Gasteiger partial charge >= 0.3 is 0 Å². The SMILES string of the molecule is CCOC1CCC2(CC1)CCN(CC)CC2. The average Bonchev–Trinajstić information content (AvgIpc) is 2.34. The Kier molecular flexibility index (Phi) is 4.26. The summed E-state index contributed by atoms with van der Waals surface area (Å²) in [7, 11) is 0. The van der Waals surface area contributed by atoms with E-state index in [9.17, 15) is 0 Å². The number of ether oxygens (including phenoxy) is 1. The molecule has 2 heteroatoms. The third kappa shape index (κ3) is 2.78. The van der Waals surface area contributed by atoms with Crippen LogP contribution in [0.25, 0.3) is 0 Å². The summed E-state index contributed by atoms with van der Waals surface area (Å²) in [6.45, 7) is 9.18. The Balaban J connectivity index is 1.79. The predicted octanol–water partition coefficient (Wildman–Crippen LogP) is 3.07. The second-order valence-electron chi connectivity index (χ2n) is 5.59. The van der Waals surface area contributed by atoms with E-state index < -0.39 is 0 Å². The van der Waals surface area contributed by atoms with Gasteiger partial charge in [-0.05, 0) is 70.5 Å². The van der Waals surface area contributed by atoms with Gasteiger partial charge in [-0.1, -0.05) is 6.92 Å². The molecule has 94 valence electrons. The Bertz CT molecular complexity index is 199. The van der Waals surface area contributed by atoms with Crippen molar-refractivity contribution in [2.24, 2.45) is 5.41 Å². The fraction of sp³-hybridized carbons (Fsp3) is 1.00. The zero-order valence-electron chi connectivity index (χ0n) is 11.0. The van der Waals surface area contributed by atoms with Gasteiger partial charge in [-0.3, -0.25) is 0 Å². The second-order valence-corrected chi connectivity index (χ2v) is 5.59. The van der Waals surface area contributed by atoms with Gasteiger partial charge in [-0.2, -0.15) is 0 Å². The lowest BCUT2D eigenvalue weighted by atomic mass is 9.67. The molecular formula is C14H27NO. The van der Waals surface area contributed by atoms with Crippen LogP contribution in [0, 0.1) is 5.41 Å². The number of hydrogen-bond acceptors (Lipinski definition) is 2. The van der Waals surface area contributed by atoms with E-state index in [1.165, 1.54) is 58.2 Å². The van der Waals surface area contributed by atoms with Crippen LogP contribution >= 0.6 is 0 Å². The zero-order valence-corrected chi connectivity index (χ0v) is 11.0. The van der Waals surface area contributed by atoms with E-state index in [0.717, 1.165) is 6.61 Å². The molecule has 0 radical (unpaired) electrons.